The molecule has 1 rings (SSSR count). The molecule has 0 aliphatic carbocycles. The second-order valence-corrected chi connectivity index (χ2v) is 6.99. The molecule has 1 aromatic carbocycles. The van der Waals surface area contributed by atoms with Gasteiger partial charge in [0, 0.05) is 18.5 Å². The van der Waals surface area contributed by atoms with Crippen LogP contribution in [-0.2, 0) is 11.3 Å². The predicted molar refractivity (Wildman–Crippen MR) is 98.8 cm³/mol. The predicted octanol–water partition coefficient (Wildman–Crippen LogP) is 5.36. The molecule has 0 saturated carbocycles. The summed E-state index contributed by atoms with van der Waals surface area (Å²) in [6, 6.07) is 7.78. The summed E-state index contributed by atoms with van der Waals surface area (Å²) < 4.78 is 5.24. The second kappa shape index (κ2) is 8.57. The quantitative estimate of drug-likeness (QED) is 0.564. The first-order valence-corrected chi connectivity index (χ1v) is 8.25. The molecule has 4 heteroatoms. The molecule has 0 saturated heterocycles. The average Bonchev–Trinajstić information content (AvgIpc) is 2.48. The molecule has 0 unspecified atom stereocenters. The van der Waals surface area contributed by atoms with Crippen LogP contribution in [0.25, 0.3) is 5.57 Å². The Labute approximate surface area is 145 Å². The molecule has 0 aromatic heterocycles. The van der Waals surface area contributed by atoms with Crippen LogP contribution >= 0.6 is 0 Å². The number of carbonyl (C=O) groups is 1. The van der Waals surface area contributed by atoms with Crippen molar-refractivity contribution in [3.05, 3.63) is 52.8 Å². The molecule has 1 amide bonds. The molecular weight excluding hydrogens is 302 g/mol. The molecule has 2 N–H and O–H groups in total. The SMILES string of the molecule is CC/C(O)=C(\C=C(C)C)c1cccc(CNC(=O)OC(C)(C)C)c1. The summed E-state index contributed by atoms with van der Waals surface area (Å²) in [4.78, 5) is 11.8. The van der Waals surface area contributed by atoms with E-state index in [2.05, 4.69) is 5.32 Å². The van der Waals surface area contributed by atoms with E-state index in [1.54, 1.807) is 0 Å². The molecule has 0 aliphatic rings. The van der Waals surface area contributed by atoms with Crippen LogP contribution in [0.15, 0.2) is 41.7 Å². The van der Waals surface area contributed by atoms with E-state index in [-0.39, 0.29) is 0 Å². The van der Waals surface area contributed by atoms with Crippen LogP contribution in [-0.4, -0.2) is 16.8 Å². The lowest BCUT2D eigenvalue weighted by atomic mass is 9.99. The summed E-state index contributed by atoms with van der Waals surface area (Å²) in [5, 5.41) is 13.0. The van der Waals surface area contributed by atoms with E-state index < -0.39 is 11.7 Å². The molecule has 0 heterocycles. The minimum Gasteiger partial charge on any atom is -0.512 e. The van der Waals surface area contributed by atoms with Gasteiger partial charge in [0.05, 0.1) is 5.76 Å². The lowest BCUT2D eigenvalue weighted by molar-refractivity contribution is 0.0523. The molecule has 24 heavy (non-hydrogen) atoms. The largest absolute Gasteiger partial charge is 0.512 e. The number of nitrogens with one attached hydrogen (secondary N) is 1. The molecule has 0 bridgehead atoms. The van der Waals surface area contributed by atoms with Gasteiger partial charge in [0.2, 0.25) is 0 Å². The molecule has 0 spiro atoms. The summed E-state index contributed by atoms with van der Waals surface area (Å²) in [6.07, 6.45) is 2.10. The zero-order valence-corrected chi connectivity index (χ0v) is 15.6. The lowest BCUT2D eigenvalue weighted by Crippen LogP contribution is -2.32. The van der Waals surface area contributed by atoms with Gasteiger partial charge in [-0.05, 0) is 51.8 Å². The molecule has 0 aliphatic heterocycles. The van der Waals surface area contributed by atoms with Gasteiger partial charge in [-0.1, -0.05) is 36.8 Å². The third kappa shape index (κ3) is 6.90. The van der Waals surface area contributed by atoms with Crippen LogP contribution in [0, 0.1) is 0 Å². The monoisotopic (exact) mass is 331 g/mol. The smallest absolute Gasteiger partial charge is 0.407 e. The number of hydrogen-bond acceptors (Lipinski definition) is 3. The normalized spacial score (nSPS) is 12.2. The minimum atomic E-state index is -0.516. The lowest BCUT2D eigenvalue weighted by Gasteiger charge is -2.19. The number of rotatable bonds is 5. The highest BCUT2D eigenvalue weighted by Crippen LogP contribution is 2.23. The van der Waals surface area contributed by atoms with Crippen molar-refractivity contribution < 1.29 is 14.6 Å². The maximum absolute atomic E-state index is 11.8. The molecule has 0 radical (unpaired) electrons. The number of alkyl carbamates (subject to hydrolysis) is 1. The van der Waals surface area contributed by atoms with Gasteiger partial charge in [-0.25, -0.2) is 4.79 Å². The van der Waals surface area contributed by atoms with E-state index in [1.165, 1.54) is 0 Å². The molecule has 0 atom stereocenters. The van der Waals surface area contributed by atoms with Gasteiger partial charge in [0.1, 0.15) is 5.60 Å². The van der Waals surface area contributed by atoms with Crippen LogP contribution in [0.5, 0.6) is 0 Å². The maximum Gasteiger partial charge on any atom is 0.407 e. The van der Waals surface area contributed by atoms with E-state index in [1.807, 2.05) is 71.9 Å². The third-order valence-electron chi connectivity index (χ3n) is 3.15. The zero-order chi connectivity index (χ0) is 18.3. The molecule has 132 valence electrons. The highest BCUT2D eigenvalue weighted by molar-refractivity contribution is 5.76. The van der Waals surface area contributed by atoms with Crippen LogP contribution in [0.2, 0.25) is 0 Å². The maximum atomic E-state index is 11.8. The zero-order valence-electron chi connectivity index (χ0n) is 15.6. The Bertz CT molecular complexity index is 633. The highest BCUT2D eigenvalue weighted by atomic mass is 16.6. The number of allylic oxidation sites excluding steroid dienone is 4. The Balaban J connectivity index is 2.94. The van der Waals surface area contributed by atoms with Gasteiger partial charge in [-0.3, -0.25) is 0 Å². The number of carbonyl (C=O) groups excluding carboxylic acids is 1. The highest BCUT2D eigenvalue weighted by Gasteiger charge is 2.15. The van der Waals surface area contributed by atoms with Crippen LogP contribution in [0.1, 0.15) is 59.1 Å². The fraction of sp³-hybridized carbons (Fsp3) is 0.450. The molecule has 4 nitrogen and oxygen atoms in total. The fourth-order valence-corrected chi connectivity index (χ4v) is 2.15. The second-order valence-electron chi connectivity index (χ2n) is 6.99. The van der Waals surface area contributed by atoms with Crippen molar-refractivity contribution in [1.29, 1.82) is 0 Å². The van der Waals surface area contributed by atoms with Crippen molar-refractivity contribution in [2.75, 3.05) is 0 Å². The summed E-state index contributed by atoms with van der Waals surface area (Å²) in [5.74, 6) is 0.355. The van der Waals surface area contributed by atoms with Crippen molar-refractivity contribution in [3.63, 3.8) is 0 Å². The van der Waals surface area contributed by atoms with Gasteiger partial charge in [0.25, 0.3) is 0 Å². The van der Waals surface area contributed by atoms with Crippen LogP contribution in [0.3, 0.4) is 0 Å². The molecule has 1 aromatic rings. The first kappa shape index (κ1) is 19.8. The van der Waals surface area contributed by atoms with Gasteiger partial charge in [0.15, 0.2) is 0 Å². The number of amides is 1. The topological polar surface area (TPSA) is 58.6 Å². The number of ether oxygens (including phenoxy) is 1. The average molecular weight is 331 g/mol. The first-order chi connectivity index (χ1) is 11.1. The van der Waals surface area contributed by atoms with E-state index in [0.717, 1.165) is 22.3 Å². The Morgan fingerprint density at radius 2 is 1.96 bits per heavy atom. The van der Waals surface area contributed by atoms with Gasteiger partial charge >= 0.3 is 6.09 Å². The van der Waals surface area contributed by atoms with E-state index in [0.29, 0.717) is 18.7 Å². The van der Waals surface area contributed by atoms with Crippen molar-refractivity contribution >= 4 is 11.7 Å². The number of aliphatic hydroxyl groups excluding tert-OH is 1. The van der Waals surface area contributed by atoms with E-state index >= 15 is 0 Å². The van der Waals surface area contributed by atoms with Gasteiger partial charge in [-0.2, -0.15) is 0 Å². The molecular formula is C20H29NO3. The van der Waals surface area contributed by atoms with E-state index in [4.69, 9.17) is 4.74 Å². The first-order valence-electron chi connectivity index (χ1n) is 8.25. The van der Waals surface area contributed by atoms with E-state index in [9.17, 15) is 9.90 Å². The standard InChI is InChI=1S/C20H29NO3/c1-7-18(22)17(11-14(2)3)16-10-8-9-15(12-16)13-21-19(23)24-20(4,5)6/h8-12,22H,7,13H2,1-6H3,(H,21,23)/b18-17-. The van der Waals surface area contributed by atoms with Crippen molar-refractivity contribution in [2.24, 2.45) is 0 Å². The van der Waals surface area contributed by atoms with Crippen molar-refractivity contribution in [2.45, 2.75) is 60.1 Å². The van der Waals surface area contributed by atoms with Crippen LogP contribution in [0.4, 0.5) is 4.79 Å². The van der Waals surface area contributed by atoms with Crippen molar-refractivity contribution in [3.8, 4) is 0 Å². The van der Waals surface area contributed by atoms with Gasteiger partial charge in [-0.15, -0.1) is 0 Å². The summed E-state index contributed by atoms with van der Waals surface area (Å²) in [5.41, 5.74) is 3.29. The number of benzene rings is 1. The Morgan fingerprint density at radius 3 is 2.50 bits per heavy atom. The number of aliphatic hydroxyl groups is 1. The minimum absolute atomic E-state index is 0.355. The number of hydrogen-bond donors (Lipinski definition) is 2. The molecule has 0 fully saturated rings. The van der Waals surface area contributed by atoms with Gasteiger partial charge < -0.3 is 15.2 Å². The van der Waals surface area contributed by atoms with Crippen molar-refractivity contribution in [1.82, 2.24) is 5.32 Å². The summed E-state index contributed by atoms with van der Waals surface area (Å²) in [6.45, 7) is 11.8. The Kier molecular flexibility index (Phi) is 7.08. The fourth-order valence-electron chi connectivity index (χ4n) is 2.15. The Hall–Kier alpha value is -2.23. The summed E-state index contributed by atoms with van der Waals surface area (Å²) >= 11 is 0. The summed E-state index contributed by atoms with van der Waals surface area (Å²) in [7, 11) is 0. The third-order valence-corrected chi connectivity index (χ3v) is 3.15. The van der Waals surface area contributed by atoms with Crippen LogP contribution < -0.4 is 5.32 Å². The Morgan fingerprint density at radius 1 is 1.29 bits per heavy atom.